The molecule has 0 atom stereocenters. The second-order valence-corrected chi connectivity index (χ2v) is 4.29. The zero-order chi connectivity index (χ0) is 13.6. The summed E-state index contributed by atoms with van der Waals surface area (Å²) >= 11 is 0. The lowest BCUT2D eigenvalue weighted by atomic mass is 10.1. The van der Waals surface area contributed by atoms with Crippen molar-refractivity contribution in [3.8, 4) is 0 Å². The van der Waals surface area contributed by atoms with Crippen LogP contribution < -0.4 is 0 Å². The molecule has 3 heteroatoms. The van der Waals surface area contributed by atoms with Gasteiger partial charge in [-0.2, -0.15) is 0 Å². The zero-order valence-corrected chi connectivity index (χ0v) is 11.2. The minimum atomic E-state index is 0.0338. The first-order valence-corrected chi connectivity index (χ1v) is 6.72. The van der Waals surface area contributed by atoms with Crippen molar-refractivity contribution < 1.29 is 14.7 Å². The highest BCUT2D eigenvalue weighted by Crippen LogP contribution is 2.00. The summed E-state index contributed by atoms with van der Waals surface area (Å²) in [6.45, 7) is 2.23. The number of ketones is 2. The molecule has 102 valence electrons. The van der Waals surface area contributed by atoms with Crippen molar-refractivity contribution in [3.05, 3.63) is 24.3 Å². The van der Waals surface area contributed by atoms with Crippen LogP contribution in [0, 0.1) is 0 Å². The number of rotatable bonds is 11. The van der Waals surface area contributed by atoms with E-state index in [1.807, 2.05) is 0 Å². The molecule has 3 nitrogen and oxygen atoms in total. The van der Waals surface area contributed by atoms with Crippen LogP contribution in [0.4, 0.5) is 0 Å². The molecule has 0 aliphatic carbocycles. The molecule has 0 heterocycles. The molecule has 0 aromatic heterocycles. The van der Waals surface area contributed by atoms with E-state index in [1.54, 1.807) is 12.2 Å². The third kappa shape index (κ3) is 11.3. The molecule has 0 unspecified atom stereocenters. The predicted molar refractivity (Wildman–Crippen MR) is 73.4 cm³/mol. The Morgan fingerprint density at radius 2 is 1.39 bits per heavy atom. The molecular weight excluding hydrogens is 228 g/mol. The number of hydrogen-bond acceptors (Lipinski definition) is 3. The Hall–Kier alpha value is -1.22. The van der Waals surface area contributed by atoms with Gasteiger partial charge in [0.25, 0.3) is 0 Å². The van der Waals surface area contributed by atoms with Gasteiger partial charge in [0, 0.05) is 19.4 Å². The third-order valence-electron chi connectivity index (χ3n) is 2.53. The van der Waals surface area contributed by atoms with Crippen LogP contribution >= 0.6 is 0 Å². The first-order chi connectivity index (χ1) is 8.70. The molecule has 0 amide bonds. The van der Waals surface area contributed by atoms with Crippen LogP contribution in [0.25, 0.3) is 0 Å². The van der Waals surface area contributed by atoms with Gasteiger partial charge in [-0.15, -0.1) is 0 Å². The van der Waals surface area contributed by atoms with E-state index in [4.69, 9.17) is 5.11 Å². The van der Waals surface area contributed by atoms with Crippen molar-refractivity contribution in [2.24, 2.45) is 0 Å². The summed E-state index contributed by atoms with van der Waals surface area (Å²) in [5.74, 6) is 0.146. The van der Waals surface area contributed by atoms with E-state index < -0.39 is 0 Å². The van der Waals surface area contributed by atoms with E-state index in [0.717, 1.165) is 19.3 Å². The fourth-order valence-electron chi connectivity index (χ4n) is 1.45. The molecule has 0 saturated heterocycles. The van der Waals surface area contributed by atoms with E-state index in [1.165, 1.54) is 12.2 Å². The Kier molecular flexibility index (Phi) is 11.4. The maximum atomic E-state index is 11.3. The van der Waals surface area contributed by atoms with Crippen LogP contribution in [0.5, 0.6) is 0 Å². The number of allylic oxidation sites excluding steroid dienone is 4. The summed E-state index contributed by atoms with van der Waals surface area (Å²) < 4.78 is 0. The van der Waals surface area contributed by atoms with E-state index in [9.17, 15) is 9.59 Å². The van der Waals surface area contributed by atoms with Gasteiger partial charge in [-0.1, -0.05) is 31.9 Å². The van der Waals surface area contributed by atoms with Crippen molar-refractivity contribution >= 4 is 11.6 Å². The van der Waals surface area contributed by atoms with Gasteiger partial charge in [0.2, 0.25) is 0 Å². The second-order valence-electron chi connectivity index (χ2n) is 4.29. The van der Waals surface area contributed by atoms with Gasteiger partial charge in [0.15, 0.2) is 11.6 Å². The molecule has 0 radical (unpaired) electrons. The maximum Gasteiger partial charge on any atom is 0.155 e. The number of carbonyl (C=O) groups excluding carboxylic acids is 2. The molecule has 18 heavy (non-hydrogen) atoms. The van der Waals surface area contributed by atoms with Crippen LogP contribution in [0.2, 0.25) is 0 Å². The van der Waals surface area contributed by atoms with Crippen molar-refractivity contribution in [1.82, 2.24) is 0 Å². The molecule has 0 rings (SSSR count). The number of unbranched alkanes of at least 4 members (excludes halogenated alkanes) is 3. The largest absolute Gasteiger partial charge is 0.396 e. The van der Waals surface area contributed by atoms with Gasteiger partial charge in [0.1, 0.15) is 0 Å². The van der Waals surface area contributed by atoms with E-state index >= 15 is 0 Å². The lowest BCUT2D eigenvalue weighted by Gasteiger charge is -1.93. The van der Waals surface area contributed by atoms with E-state index in [-0.39, 0.29) is 18.2 Å². The van der Waals surface area contributed by atoms with Gasteiger partial charge in [-0.3, -0.25) is 9.59 Å². The maximum absolute atomic E-state index is 11.3. The first kappa shape index (κ1) is 16.8. The molecule has 0 aliphatic rings. The average molecular weight is 252 g/mol. The monoisotopic (exact) mass is 252 g/mol. The smallest absolute Gasteiger partial charge is 0.155 e. The number of carbonyl (C=O) groups is 2. The highest BCUT2D eigenvalue weighted by molar-refractivity contribution is 5.91. The summed E-state index contributed by atoms with van der Waals surface area (Å²) in [5.41, 5.74) is 0. The highest BCUT2D eigenvalue weighted by atomic mass is 16.3. The average Bonchev–Trinajstić information content (AvgIpc) is 2.35. The molecule has 0 aliphatic heterocycles. The molecular formula is C15H24O3. The summed E-state index contributed by atoms with van der Waals surface area (Å²) in [6.07, 6.45) is 11.8. The Labute approximate surface area is 110 Å². The SMILES string of the molecule is CCCCCC(=O)/C=C/C=C/C(=O)CCCCO. The van der Waals surface area contributed by atoms with Gasteiger partial charge in [0.05, 0.1) is 0 Å². The quantitative estimate of drug-likeness (QED) is 0.349. The van der Waals surface area contributed by atoms with E-state index in [0.29, 0.717) is 25.7 Å². The molecule has 1 N–H and O–H groups in total. The van der Waals surface area contributed by atoms with Crippen LogP contribution in [0.1, 0.15) is 51.9 Å². The second kappa shape index (κ2) is 12.2. The number of hydrogen-bond donors (Lipinski definition) is 1. The molecule has 0 aromatic carbocycles. The summed E-state index contributed by atoms with van der Waals surface area (Å²) in [7, 11) is 0. The Balaban J connectivity index is 3.72. The molecule has 0 spiro atoms. The molecule has 0 aromatic rings. The van der Waals surface area contributed by atoms with Crippen molar-refractivity contribution in [2.75, 3.05) is 6.61 Å². The minimum absolute atomic E-state index is 0.0338. The zero-order valence-electron chi connectivity index (χ0n) is 11.2. The normalized spacial score (nSPS) is 11.4. The number of aliphatic hydroxyl groups excluding tert-OH is 1. The standard InChI is InChI=1S/C15H24O3/c1-2-3-4-9-14(17)10-5-6-11-15(18)12-7-8-13-16/h5-6,10-11,16H,2-4,7-9,12-13H2,1H3/b10-5+,11-6+. The van der Waals surface area contributed by atoms with Crippen molar-refractivity contribution in [1.29, 1.82) is 0 Å². The number of aliphatic hydroxyl groups is 1. The first-order valence-electron chi connectivity index (χ1n) is 6.72. The van der Waals surface area contributed by atoms with Gasteiger partial charge in [-0.25, -0.2) is 0 Å². The van der Waals surface area contributed by atoms with Gasteiger partial charge >= 0.3 is 0 Å². The van der Waals surface area contributed by atoms with Gasteiger partial charge < -0.3 is 5.11 Å². The highest BCUT2D eigenvalue weighted by Gasteiger charge is 1.96. The lowest BCUT2D eigenvalue weighted by Crippen LogP contribution is -1.94. The van der Waals surface area contributed by atoms with Crippen molar-refractivity contribution in [3.63, 3.8) is 0 Å². The molecule has 0 bridgehead atoms. The predicted octanol–water partition coefficient (Wildman–Crippen LogP) is 2.98. The van der Waals surface area contributed by atoms with Crippen molar-refractivity contribution in [2.45, 2.75) is 51.9 Å². The Bertz CT molecular complexity index is 260. The fourth-order valence-corrected chi connectivity index (χ4v) is 1.45. The fraction of sp³-hybridized carbons (Fsp3) is 0.600. The Morgan fingerprint density at radius 3 is 1.83 bits per heavy atom. The molecule has 0 saturated carbocycles. The van der Waals surface area contributed by atoms with Crippen LogP contribution in [0.15, 0.2) is 24.3 Å². The van der Waals surface area contributed by atoms with Crippen LogP contribution in [0.3, 0.4) is 0 Å². The summed E-state index contributed by atoms with van der Waals surface area (Å²) in [5, 5.41) is 8.57. The van der Waals surface area contributed by atoms with Crippen LogP contribution in [-0.4, -0.2) is 23.3 Å². The van der Waals surface area contributed by atoms with Crippen LogP contribution in [-0.2, 0) is 9.59 Å². The topological polar surface area (TPSA) is 54.4 Å². The summed E-state index contributed by atoms with van der Waals surface area (Å²) in [6, 6.07) is 0. The van der Waals surface area contributed by atoms with Gasteiger partial charge in [-0.05, 0) is 31.4 Å². The molecule has 0 fully saturated rings. The Morgan fingerprint density at radius 1 is 0.889 bits per heavy atom. The van der Waals surface area contributed by atoms with E-state index in [2.05, 4.69) is 6.92 Å². The lowest BCUT2D eigenvalue weighted by molar-refractivity contribution is -0.115. The summed E-state index contributed by atoms with van der Waals surface area (Å²) in [4.78, 5) is 22.6. The third-order valence-corrected chi connectivity index (χ3v) is 2.53. The minimum Gasteiger partial charge on any atom is -0.396 e.